The highest BCUT2D eigenvalue weighted by atomic mass is 35.5. The topological polar surface area (TPSA) is 51.0 Å². The highest BCUT2D eigenvalue weighted by molar-refractivity contribution is 6.33. The average molecular weight is 314 g/mol. The van der Waals surface area contributed by atoms with Crippen LogP contribution in [0.2, 0.25) is 5.02 Å². The molecule has 112 valence electrons. The smallest absolute Gasteiger partial charge is 0.249 e. The first-order valence-electron chi connectivity index (χ1n) is 7.16. The predicted octanol–water partition coefficient (Wildman–Crippen LogP) is 4.56. The molecule has 2 aromatic carbocycles. The molecule has 4 nitrogen and oxygen atoms in total. The highest BCUT2D eigenvalue weighted by Gasteiger charge is 2.11. The molecule has 0 aliphatic heterocycles. The van der Waals surface area contributed by atoms with Gasteiger partial charge in [0, 0.05) is 5.69 Å². The standard InChI is InChI=1S/C17H16ClN3O/c1-2-12-7-9-13(10-8-12)19-11-16-20-21-17(22-16)14-5-3-4-6-15(14)18/h3-10,19H,2,11H2,1H3. The molecule has 0 aliphatic carbocycles. The second kappa shape index (κ2) is 6.62. The van der Waals surface area contributed by atoms with Crippen molar-refractivity contribution in [2.24, 2.45) is 0 Å². The van der Waals surface area contributed by atoms with Crippen molar-refractivity contribution in [1.29, 1.82) is 0 Å². The highest BCUT2D eigenvalue weighted by Crippen LogP contribution is 2.26. The van der Waals surface area contributed by atoms with E-state index in [1.54, 1.807) is 6.07 Å². The zero-order chi connectivity index (χ0) is 15.4. The van der Waals surface area contributed by atoms with Gasteiger partial charge in [0.2, 0.25) is 11.8 Å². The molecular formula is C17H16ClN3O. The van der Waals surface area contributed by atoms with Crippen molar-refractivity contribution in [1.82, 2.24) is 10.2 Å². The average Bonchev–Trinajstić information content (AvgIpc) is 3.02. The summed E-state index contributed by atoms with van der Waals surface area (Å²) >= 11 is 6.13. The molecule has 0 atom stereocenters. The summed E-state index contributed by atoms with van der Waals surface area (Å²) < 4.78 is 5.65. The minimum atomic E-state index is 0.434. The van der Waals surface area contributed by atoms with E-state index in [9.17, 15) is 0 Å². The van der Waals surface area contributed by atoms with Crippen molar-refractivity contribution in [2.75, 3.05) is 5.32 Å². The summed E-state index contributed by atoms with van der Waals surface area (Å²) in [6.45, 7) is 2.61. The van der Waals surface area contributed by atoms with E-state index in [0.29, 0.717) is 23.3 Å². The number of anilines is 1. The third-order valence-corrected chi connectivity index (χ3v) is 3.71. The zero-order valence-electron chi connectivity index (χ0n) is 12.2. The number of aromatic nitrogens is 2. The van der Waals surface area contributed by atoms with Gasteiger partial charge in [-0.25, -0.2) is 0 Å². The number of rotatable bonds is 5. The summed E-state index contributed by atoms with van der Waals surface area (Å²) in [5.74, 6) is 0.957. The molecule has 3 rings (SSSR count). The molecule has 0 saturated heterocycles. The summed E-state index contributed by atoms with van der Waals surface area (Å²) in [6, 6.07) is 15.7. The van der Waals surface area contributed by atoms with Gasteiger partial charge in [0.15, 0.2) is 0 Å². The molecule has 0 fully saturated rings. The molecule has 0 aliphatic rings. The Balaban J connectivity index is 1.68. The van der Waals surface area contributed by atoms with E-state index >= 15 is 0 Å². The number of halogens is 1. The first-order valence-corrected chi connectivity index (χ1v) is 7.54. The summed E-state index contributed by atoms with van der Waals surface area (Å²) in [5, 5.41) is 12.0. The van der Waals surface area contributed by atoms with Gasteiger partial charge in [0.05, 0.1) is 17.1 Å². The zero-order valence-corrected chi connectivity index (χ0v) is 13.0. The van der Waals surface area contributed by atoms with Crippen molar-refractivity contribution in [3.05, 3.63) is 65.0 Å². The van der Waals surface area contributed by atoms with Crippen LogP contribution in [-0.4, -0.2) is 10.2 Å². The Morgan fingerprint density at radius 1 is 1.05 bits per heavy atom. The van der Waals surface area contributed by atoms with E-state index in [1.165, 1.54) is 5.56 Å². The second-order valence-electron chi connectivity index (χ2n) is 4.88. The Kier molecular flexibility index (Phi) is 4.39. The summed E-state index contributed by atoms with van der Waals surface area (Å²) in [7, 11) is 0. The van der Waals surface area contributed by atoms with E-state index in [2.05, 4.69) is 34.6 Å². The van der Waals surface area contributed by atoms with E-state index in [4.69, 9.17) is 16.0 Å². The lowest BCUT2D eigenvalue weighted by atomic mass is 10.1. The summed E-state index contributed by atoms with van der Waals surface area (Å²) in [5.41, 5.74) is 3.08. The van der Waals surface area contributed by atoms with E-state index < -0.39 is 0 Å². The molecule has 0 bridgehead atoms. The maximum Gasteiger partial charge on any atom is 0.249 e. The van der Waals surface area contributed by atoms with Crippen LogP contribution >= 0.6 is 11.6 Å². The van der Waals surface area contributed by atoms with Crippen LogP contribution in [-0.2, 0) is 13.0 Å². The molecule has 22 heavy (non-hydrogen) atoms. The SMILES string of the molecule is CCc1ccc(NCc2nnc(-c3ccccc3Cl)o2)cc1. The van der Waals surface area contributed by atoms with Gasteiger partial charge in [-0.3, -0.25) is 0 Å². The number of hydrogen-bond acceptors (Lipinski definition) is 4. The number of aryl methyl sites for hydroxylation is 1. The fraction of sp³-hybridized carbons (Fsp3) is 0.176. The van der Waals surface area contributed by atoms with Gasteiger partial charge in [-0.2, -0.15) is 0 Å². The van der Waals surface area contributed by atoms with E-state index in [-0.39, 0.29) is 0 Å². The minimum absolute atomic E-state index is 0.434. The van der Waals surface area contributed by atoms with Crippen molar-refractivity contribution >= 4 is 17.3 Å². The van der Waals surface area contributed by atoms with Crippen LogP contribution in [0.5, 0.6) is 0 Å². The molecule has 1 aromatic heterocycles. The Morgan fingerprint density at radius 2 is 1.82 bits per heavy atom. The number of nitrogens with one attached hydrogen (secondary N) is 1. The number of nitrogens with zero attached hydrogens (tertiary/aromatic N) is 2. The quantitative estimate of drug-likeness (QED) is 0.750. The molecule has 0 radical (unpaired) electrons. The maximum absolute atomic E-state index is 6.13. The monoisotopic (exact) mass is 313 g/mol. The molecular weight excluding hydrogens is 298 g/mol. The number of hydrogen-bond donors (Lipinski definition) is 1. The Hall–Kier alpha value is -2.33. The molecule has 5 heteroatoms. The van der Waals surface area contributed by atoms with Crippen molar-refractivity contribution in [3.8, 4) is 11.5 Å². The van der Waals surface area contributed by atoms with Crippen molar-refractivity contribution in [2.45, 2.75) is 19.9 Å². The van der Waals surface area contributed by atoms with Gasteiger partial charge < -0.3 is 9.73 Å². The molecule has 0 spiro atoms. The van der Waals surface area contributed by atoms with E-state index in [1.807, 2.05) is 30.3 Å². The molecule has 0 saturated carbocycles. The van der Waals surface area contributed by atoms with Gasteiger partial charge in [-0.05, 0) is 36.2 Å². The van der Waals surface area contributed by atoms with Gasteiger partial charge in [-0.1, -0.05) is 42.8 Å². The van der Waals surface area contributed by atoms with Gasteiger partial charge >= 0.3 is 0 Å². The number of benzene rings is 2. The van der Waals surface area contributed by atoms with Crippen molar-refractivity contribution < 1.29 is 4.42 Å². The van der Waals surface area contributed by atoms with Crippen LogP contribution in [0.1, 0.15) is 18.4 Å². The second-order valence-corrected chi connectivity index (χ2v) is 5.29. The lowest BCUT2D eigenvalue weighted by Gasteiger charge is -2.04. The third kappa shape index (κ3) is 3.28. The Bertz CT molecular complexity index is 753. The fourth-order valence-electron chi connectivity index (χ4n) is 2.10. The lowest BCUT2D eigenvalue weighted by Crippen LogP contribution is -1.99. The van der Waals surface area contributed by atoms with Gasteiger partial charge in [0.1, 0.15) is 0 Å². The van der Waals surface area contributed by atoms with Crippen LogP contribution in [0.25, 0.3) is 11.5 Å². The van der Waals surface area contributed by atoms with Crippen LogP contribution in [0, 0.1) is 0 Å². The normalized spacial score (nSPS) is 10.6. The molecule has 1 heterocycles. The molecule has 3 aromatic rings. The summed E-state index contributed by atoms with van der Waals surface area (Å²) in [4.78, 5) is 0. The molecule has 1 N–H and O–H groups in total. The fourth-order valence-corrected chi connectivity index (χ4v) is 2.32. The van der Waals surface area contributed by atoms with Crippen molar-refractivity contribution in [3.63, 3.8) is 0 Å². The predicted molar refractivity (Wildman–Crippen MR) is 87.9 cm³/mol. The first kappa shape index (κ1) is 14.6. The maximum atomic E-state index is 6.13. The van der Waals surface area contributed by atoms with Crippen LogP contribution in [0.4, 0.5) is 5.69 Å². The minimum Gasteiger partial charge on any atom is -0.419 e. The lowest BCUT2D eigenvalue weighted by molar-refractivity contribution is 0.515. The van der Waals surface area contributed by atoms with Gasteiger partial charge in [-0.15, -0.1) is 10.2 Å². The van der Waals surface area contributed by atoms with E-state index in [0.717, 1.165) is 17.7 Å². The molecule has 0 amide bonds. The van der Waals surface area contributed by atoms with Crippen LogP contribution in [0.3, 0.4) is 0 Å². The first-order chi connectivity index (χ1) is 10.8. The van der Waals surface area contributed by atoms with Gasteiger partial charge in [0.25, 0.3) is 0 Å². The Labute approximate surface area is 134 Å². The largest absolute Gasteiger partial charge is 0.419 e. The third-order valence-electron chi connectivity index (χ3n) is 3.38. The Morgan fingerprint density at radius 3 is 2.55 bits per heavy atom. The van der Waals surface area contributed by atoms with Crippen LogP contribution < -0.4 is 5.32 Å². The molecule has 0 unspecified atom stereocenters. The summed E-state index contributed by atoms with van der Waals surface area (Å²) in [6.07, 6.45) is 1.03. The van der Waals surface area contributed by atoms with Crippen LogP contribution in [0.15, 0.2) is 52.9 Å².